The highest BCUT2D eigenvalue weighted by atomic mass is 35.5. The van der Waals surface area contributed by atoms with Crippen LogP contribution in [-0.2, 0) is 20.9 Å². The smallest absolute Gasteiger partial charge is 0.345 e. The van der Waals surface area contributed by atoms with E-state index in [9.17, 15) is 18.7 Å². The minimum absolute atomic E-state index is 0.00406. The van der Waals surface area contributed by atoms with Crippen molar-refractivity contribution in [2.24, 2.45) is 0 Å². The standard InChI is InChI=1S/C43H49ClF2N6O6S/c1-7-28(27(3)56-24-31-13-14-47-42(49-31)57-25-43(4,5)46)22-34(41(53)54)58-40-37-35(59-50-40)23-48-39(29-9-8-10-30(45)21-29)36(37)32-11-12-33(38(44)26(32)2)55-20-19-52-17-15-51(6)16-18-52/h7-10,13-14,21,23,34H,1,11-12,15-20,22,24-25H2,2-6H3,(H,53,54)/b28-27-/t34-/m1/s1. The molecule has 1 aromatic carbocycles. The number of allylic oxidation sites excluding steroid dienone is 6. The molecule has 0 saturated carbocycles. The van der Waals surface area contributed by atoms with E-state index in [1.54, 1.807) is 31.3 Å². The van der Waals surface area contributed by atoms with Crippen molar-refractivity contribution in [2.45, 2.75) is 65.3 Å². The molecule has 3 aromatic heterocycles. The maximum Gasteiger partial charge on any atom is 0.345 e. The van der Waals surface area contributed by atoms with Crippen molar-refractivity contribution in [1.29, 1.82) is 0 Å². The van der Waals surface area contributed by atoms with Crippen LogP contribution >= 0.6 is 23.1 Å². The van der Waals surface area contributed by atoms with Crippen molar-refractivity contribution in [1.82, 2.24) is 29.1 Å². The third-order valence-electron chi connectivity index (χ3n) is 10.1. The number of piperazine rings is 1. The first-order valence-electron chi connectivity index (χ1n) is 19.4. The van der Waals surface area contributed by atoms with Crippen LogP contribution in [0.15, 0.2) is 83.1 Å². The summed E-state index contributed by atoms with van der Waals surface area (Å²) in [7, 11) is 2.12. The molecule has 1 fully saturated rings. The molecule has 4 aromatic rings. The van der Waals surface area contributed by atoms with E-state index in [0.29, 0.717) is 74.2 Å². The molecule has 0 spiro atoms. The molecule has 314 valence electrons. The van der Waals surface area contributed by atoms with Gasteiger partial charge in [0.15, 0.2) is 0 Å². The number of hydrogen-bond acceptors (Lipinski definition) is 12. The highest BCUT2D eigenvalue weighted by Crippen LogP contribution is 2.46. The Morgan fingerprint density at radius 1 is 1.15 bits per heavy atom. The zero-order valence-corrected chi connectivity index (χ0v) is 35.5. The number of rotatable bonds is 18. The number of alkyl halides is 1. The van der Waals surface area contributed by atoms with Crippen LogP contribution in [0.4, 0.5) is 8.78 Å². The van der Waals surface area contributed by atoms with E-state index in [2.05, 4.69) is 37.8 Å². The van der Waals surface area contributed by atoms with Crippen LogP contribution < -0.4 is 9.47 Å². The summed E-state index contributed by atoms with van der Waals surface area (Å²) in [6.07, 6.45) is 4.16. The van der Waals surface area contributed by atoms with Gasteiger partial charge in [0.25, 0.3) is 0 Å². The molecule has 16 heteroatoms. The lowest BCUT2D eigenvalue weighted by molar-refractivity contribution is -0.145. The number of likely N-dealkylation sites (N-methyl/N-ethyl adjacent to an activating group) is 1. The third kappa shape index (κ3) is 11.2. The molecule has 1 aliphatic carbocycles. The molecule has 59 heavy (non-hydrogen) atoms. The number of pyridine rings is 1. The number of carbonyl (C=O) groups is 1. The maximum absolute atomic E-state index is 14.7. The number of nitrogens with zero attached hydrogens (tertiary/aromatic N) is 6. The lowest BCUT2D eigenvalue weighted by Crippen LogP contribution is -2.45. The molecule has 0 bridgehead atoms. The largest absolute Gasteiger partial charge is 0.495 e. The molecule has 1 saturated heterocycles. The fourth-order valence-corrected chi connectivity index (χ4v) is 7.72. The number of ether oxygens (including phenoxy) is 4. The Morgan fingerprint density at radius 2 is 1.93 bits per heavy atom. The molecule has 12 nitrogen and oxygen atoms in total. The van der Waals surface area contributed by atoms with E-state index in [1.165, 1.54) is 38.3 Å². The molecule has 2 aliphatic rings. The first-order chi connectivity index (χ1) is 28.2. The van der Waals surface area contributed by atoms with Crippen LogP contribution in [0.3, 0.4) is 0 Å². The average Bonchev–Trinajstić information content (AvgIpc) is 3.62. The Labute approximate surface area is 352 Å². The van der Waals surface area contributed by atoms with Crippen LogP contribution in [0, 0.1) is 5.82 Å². The fourth-order valence-electron chi connectivity index (χ4n) is 6.76. The van der Waals surface area contributed by atoms with Crippen molar-refractivity contribution in [3.05, 3.63) is 100 Å². The third-order valence-corrected chi connectivity index (χ3v) is 11.4. The molecular weight excluding hydrogens is 802 g/mol. The van der Waals surface area contributed by atoms with E-state index >= 15 is 0 Å². The van der Waals surface area contributed by atoms with Gasteiger partial charge in [-0.1, -0.05) is 36.4 Å². The van der Waals surface area contributed by atoms with Gasteiger partial charge in [-0.05, 0) is 87.6 Å². The SMILES string of the molecule is C=C/C(C[C@@H](Oc1nsc2cnc(-c3cccc(F)c3)c(C3=C(C)C(Cl)=C(OCCN4CCN(C)CC4)CC3)c12)C(=O)O)=C(\C)OCc1ccnc(OCC(C)(C)F)n1. The second-order valence-corrected chi connectivity index (χ2v) is 16.3. The zero-order valence-electron chi connectivity index (χ0n) is 33.9. The molecule has 0 radical (unpaired) electrons. The van der Waals surface area contributed by atoms with Crippen LogP contribution in [-0.4, -0.2) is 105 Å². The second-order valence-electron chi connectivity index (χ2n) is 15.1. The monoisotopic (exact) mass is 850 g/mol. The van der Waals surface area contributed by atoms with Gasteiger partial charge in [0, 0.05) is 69.1 Å². The lowest BCUT2D eigenvalue weighted by Gasteiger charge is -2.32. The van der Waals surface area contributed by atoms with E-state index in [-0.39, 0.29) is 31.5 Å². The maximum atomic E-state index is 14.7. The summed E-state index contributed by atoms with van der Waals surface area (Å²) in [6.45, 7) is 15.4. The number of carboxylic acid groups (broad SMARTS) is 1. The van der Waals surface area contributed by atoms with Crippen LogP contribution in [0.1, 0.15) is 58.2 Å². The van der Waals surface area contributed by atoms with Gasteiger partial charge >= 0.3 is 12.0 Å². The van der Waals surface area contributed by atoms with Crippen LogP contribution in [0.5, 0.6) is 11.9 Å². The van der Waals surface area contributed by atoms with Gasteiger partial charge in [-0.3, -0.25) is 9.88 Å². The summed E-state index contributed by atoms with van der Waals surface area (Å²) < 4.78 is 57.8. The minimum Gasteiger partial charge on any atom is -0.495 e. The van der Waals surface area contributed by atoms with Gasteiger partial charge in [0.05, 0.1) is 32.3 Å². The predicted octanol–water partition coefficient (Wildman–Crippen LogP) is 8.59. The highest BCUT2D eigenvalue weighted by molar-refractivity contribution is 7.13. The molecule has 0 amide bonds. The number of halogens is 3. The number of benzene rings is 1. The van der Waals surface area contributed by atoms with E-state index in [1.807, 2.05) is 6.92 Å². The average molecular weight is 851 g/mol. The van der Waals surface area contributed by atoms with E-state index in [0.717, 1.165) is 55.4 Å². The Morgan fingerprint density at radius 3 is 2.64 bits per heavy atom. The molecule has 0 unspecified atom stereocenters. The van der Waals surface area contributed by atoms with Gasteiger partial charge in [0.1, 0.15) is 37.1 Å². The van der Waals surface area contributed by atoms with Gasteiger partial charge in [-0.15, -0.1) is 0 Å². The number of hydrogen-bond donors (Lipinski definition) is 1. The summed E-state index contributed by atoms with van der Waals surface area (Å²) in [6, 6.07) is 7.80. The summed E-state index contributed by atoms with van der Waals surface area (Å²) in [5, 5.41) is 11.5. The van der Waals surface area contributed by atoms with Crippen molar-refractivity contribution < 1.29 is 37.6 Å². The Balaban J connectivity index is 1.28. The Hall–Kier alpha value is -4.96. The summed E-state index contributed by atoms with van der Waals surface area (Å²) in [5.74, 6) is -0.469. The molecular formula is C43H49ClF2N6O6S. The fraction of sp³-hybridized carbons (Fsp3) is 0.419. The topological polar surface area (TPSA) is 132 Å². The van der Waals surface area contributed by atoms with Gasteiger partial charge in [-0.25, -0.2) is 18.6 Å². The minimum atomic E-state index is -1.56. The molecule has 1 atom stereocenters. The summed E-state index contributed by atoms with van der Waals surface area (Å²) >= 11 is 8.18. The van der Waals surface area contributed by atoms with Crippen molar-refractivity contribution in [3.63, 3.8) is 0 Å². The Bertz CT molecular complexity index is 2270. The molecule has 6 rings (SSSR count). The number of fused-ring (bicyclic) bond motifs is 1. The van der Waals surface area contributed by atoms with Crippen molar-refractivity contribution >= 4 is 44.8 Å². The first-order valence-corrected chi connectivity index (χ1v) is 20.5. The van der Waals surface area contributed by atoms with Gasteiger partial charge in [0.2, 0.25) is 12.0 Å². The van der Waals surface area contributed by atoms with Crippen molar-refractivity contribution in [3.8, 4) is 23.1 Å². The molecule has 1 N–H and O–H groups in total. The highest BCUT2D eigenvalue weighted by Gasteiger charge is 2.30. The predicted molar refractivity (Wildman–Crippen MR) is 224 cm³/mol. The van der Waals surface area contributed by atoms with Gasteiger partial charge in [-0.2, -0.15) is 9.36 Å². The van der Waals surface area contributed by atoms with Gasteiger partial charge < -0.3 is 29.0 Å². The number of aliphatic carboxylic acids is 1. The Kier molecular flexibility index (Phi) is 14.3. The van der Waals surface area contributed by atoms with Crippen molar-refractivity contribution in [2.75, 3.05) is 53.0 Å². The molecule has 1 aliphatic heterocycles. The quantitative estimate of drug-likeness (QED) is 0.0760. The number of carboxylic acids is 1. The second kappa shape index (κ2) is 19.4. The van der Waals surface area contributed by atoms with E-state index < -0.39 is 23.6 Å². The lowest BCUT2D eigenvalue weighted by atomic mass is 9.87. The normalized spacial score (nSPS) is 16.5. The molecule has 4 heterocycles. The summed E-state index contributed by atoms with van der Waals surface area (Å²) in [4.78, 5) is 30.6. The van der Waals surface area contributed by atoms with Crippen LogP contribution in [0.2, 0.25) is 0 Å². The summed E-state index contributed by atoms with van der Waals surface area (Å²) in [5.41, 5.74) is 2.64. The number of aromatic nitrogens is 4. The van der Waals surface area contributed by atoms with E-state index in [4.69, 9.17) is 35.5 Å². The zero-order chi connectivity index (χ0) is 42.3. The first kappa shape index (κ1) is 43.6. The van der Waals surface area contributed by atoms with Crippen LogP contribution in [0.25, 0.3) is 26.9 Å².